The summed E-state index contributed by atoms with van der Waals surface area (Å²) in [7, 11) is 1.67. The number of hydrogen-bond acceptors (Lipinski definition) is 5. The summed E-state index contributed by atoms with van der Waals surface area (Å²) in [6.45, 7) is 5.15. The summed E-state index contributed by atoms with van der Waals surface area (Å²) in [6, 6.07) is 1.95. The fourth-order valence-electron chi connectivity index (χ4n) is 1.38. The van der Waals surface area contributed by atoms with Gasteiger partial charge in [-0.15, -0.1) is 0 Å². The van der Waals surface area contributed by atoms with Gasteiger partial charge in [-0.3, -0.25) is 0 Å². The van der Waals surface area contributed by atoms with Crippen LogP contribution in [0.5, 0.6) is 0 Å². The van der Waals surface area contributed by atoms with E-state index in [0.717, 1.165) is 44.9 Å². The average Bonchev–Trinajstić information content (AvgIpc) is 2.89. The van der Waals surface area contributed by atoms with Crippen molar-refractivity contribution in [3.05, 3.63) is 24.2 Å². The smallest absolute Gasteiger partial charge is 0.0947 e. The summed E-state index contributed by atoms with van der Waals surface area (Å²) in [5.41, 5.74) is 1.15. The lowest BCUT2D eigenvalue weighted by Crippen LogP contribution is -2.19. The first-order chi connectivity index (χ1) is 8.93. The van der Waals surface area contributed by atoms with Crippen molar-refractivity contribution in [3.8, 4) is 0 Å². The normalized spacial score (nSPS) is 10.9. The van der Waals surface area contributed by atoms with Crippen molar-refractivity contribution in [1.29, 1.82) is 0 Å². The van der Waals surface area contributed by atoms with Crippen LogP contribution in [0.25, 0.3) is 0 Å². The van der Waals surface area contributed by atoms with Crippen molar-refractivity contribution in [2.24, 2.45) is 0 Å². The largest absolute Gasteiger partial charge is 0.472 e. The molecule has 104 valence electrons. The third-order valence-electron chi connectivity index (χ3n) is 2.34. The van der Waals surface area contributed by atoms with Crippen LogP contribution in [0.2, 0.25) is 0 Å². The van der Waals surface area contributed by atoms with Gasteiger partial charge in [-0.1, -0.05) is 0 Å². The third kappa shape index (κ3) is 8.25. The first kappa shape index (κ1) is 15.2. The standard InChI is InChI=1S/C13H23NO4/c1-15-9-10-17-6-2-5-16-8-4-14-11-13-3-7-18-12-13/h3,7,12,14H,2,4-6,8-11H2,1H3. The van der Waals surface area contributed by atoms with Crippen molar-refractivity contribution in [2.45, 2.75) is 13.0 Å². The van der Waals surface area contributed by atoms with Gasteiger partial charge in [0.2, 0.25) is 0 Å². The maximum atomic E-state index is 5.46. The molecule has 1 rings (SSSR count). The fraction of sp³-hybridized carbons (Fsp3) is 0.692. The summed E-state index contributed by atoms with van der Waals surface area (Å²) >= 11 is 0. The minimum Gasteiger partial charge on any atom is -0.472 e. The molecular formula is C13H23NO4. The molecule has 5 heteroatoms. The van der Waals surface area contributed by atoms with E-state index in [1.165, 1.54) is 0 Å². The lowest BCUT2D eigenvalue weighted by molar-refractivity contribution is 0.0518. The van der Waals surface area contributed by atoms with Gasteiger partial charge in [0.25, 0.3) is 0 Å². The van der Waals surface area contributed by atoms with E-state index in [9.17, 15) is 0 Å². The molecule has 0 saturated heterocycles. The molecule has 0 atom stereocenters. The molecule has 18 heavy (non-hydrogen) atoms. The van der Waals surface area contributed by atoms with Crippen molar-refractivity contribution < 1.29 is 18.6 Å². The molecule has 0 saturated carbocycles. The van der Waals surface area contributed by atoms with Gasteiger partial charge in [0.05, 0.1) is 32.3 Å². The average molecular weight is 257 g/mol. The Balaban J connectivity index is 1.73. The monoisotopic (exact) mass is 257 g/mol. The summed E-state index contributed by atoms with van der Waals surface area (Å²) in [5.74, 6) is 0. The minimum absolute atomic E-state index is 0.652. The summed E-state index contributed by atoms with van der Waals surface area (Å²) in [6.07, 6.45) is 4.34. The zero-order valence-electron chi connectivity index (χ0n) is 11.0. The molecule has 0 aliphatic heterocycles. The molecule has 1 aromatic rings. The van der Waals surface area contributed by atoms with Crippen LogP contribution in [0.15, 0.2) is 23.0 Å². The summed E-state index contributed by atoms with van der Waals surface area (Å²) in [4.78, 5) is 0. The van der Waals surface area contributed by atoms with Crippen molar-refractivity contribution in [1.82, 2.24) is 5.32 Å². The molecule has 0 fully saturated rings. The van der Waals surface area contributed by atoms with Crippen LogP contribution < -0.4 is 5.32 Å². The predicted molar refractivity (Wildman–Crippen MR) is 68.5 cm³/mol. The summed E-state index contributed by atoms with van der Waals surface area (Å²) < 4.78 is 20.6. The number of furan rings is 1. The molecule has 0 bridgehead atoms. The van der Waals surface area contributed by atoms with Gasteiger partial charge in [-0.05, 0) is 12.5 Å². The highest BCUT2D eigenvalue weighted by molar-refractivity contribution is 5.04. The van der Waals surface area contributed by atoms with E-state index in [4.69, 9.17) is 18.6 Å². The number of hydrogen-bond donors (Lipinski definition) is 1. The van der Waals surface area contributed by atoms with E-state index in [1.807, 2.05) is 6.07 Å². The van der Waals surface area contributed by atoms with Gasteiger partial charge in [0.15, 0.2) is 0 Å². The second kappa shape index (κ2) is 11.2. The third-order valence-corrected chi connectivity index (χ3v) is 2.34. The van der Waals surface area contributed by atoms with E-state index < -0.39 is 0 Å². The molecule has 0 spiro atoms. The van der Waals surface area contributed by atoms with E-state index in [-0.39, 0.29) is 0 Å². The van der Waals surface area contributed by atoms with Gasteiger partial charge in [0, 0.05) is 39.0 Å². The maximum Gasteiger partial charge on any atom is 0.0947 e. The zero-order chi connectivity index (χ0) is 12.9. The second-order valence-corrected chi connectivity index (χ2v) is 3.88. The highest BCUT2D eigenvalue weighted by Gasteiger charge is 1.94. The Morgan fingerprint density at radius 1 is 1.11 bits per heavy atom. The Labute approximate surface area is 108 Å². The Morgan fingerprint density at radius 2 is 1.94 bits per heavy atom. The topological polar surface area (TPSA) is 52.9 Å². The zero-order valence-corrected chi connectivity index (χ0v) is 11.0. The molecule has 5 nitrogen and oxygen atoms in total. The number of nitrogens with one attached hydrogen (secondary N) is 1. The molecule has 0 amide bonds. The fourth-order valence-corrected chi connectivity index (χ4v) is 1.38. The Hall–Kier alpha value is -0.880. The van der Waals surface area contributed by atoms with Crippen molar-refractivity contribution >= 4 is 0 Å². The van der Waals surface area contributed by atoms with E-state index in [2.05, 4.69) is 5.32 Å². The van der Waals surface area contributed by atoms with Gasteiger partial charge in [-0.2, -0.15) is 0 Å². The van der Waals surface area contributed by atoms with Crippen molar-refractivity contribution in [3.63, 3.8) is 0 Å². The van der Waals surface area contributed by atoms with Gasteiger partial charge >= 0.3 is 0 Å². The number of rotatable bonds is 12. The number of ether oxygens (including phenoxy) is 3. The van der Waals surface area contributed by atoms with Crippen LogP contribution in [0.4, 0.5) is 0 Å². The molecular weight excluding hydrogens is 234 g/mol. The van der Waals surface area contributed by atoms with E-state index >= 15 is 0 Å². The van der Waals surface area contributed by atoms with Crippen LogP contribution in [-0.2, 0) is 20.8 Å². The van der Waals surface area contributed by atoms with Crippen LogP contribution in [-0.4, -0.2) is 46.7 Å². The van der Waals surface area contributed by atoms with Crippen LogP contribution >= 0.6 is 0 Å². The molecule has 0 aromatic carbocycles. The molecule has 0 unspecified atom stereocenters. The SMILES string of the molecule is COCCOCCCOCCNCc1ccoc1. The molecule has 1 N–H and O–H groups in total. The Morgan fingerprint density at radius 3 is 2.67 bits per heavy atom. The molecule has 0 aliphatic carbocycles. The highest BCUT2D eigenvalue weighted by Crippen LogP contribution is 1.97. The molecule has 0 radical (unpaired) electrons. The molecule has 0 aliphatic rings. The van der Waals surface area contributed by atoms with Crippen LogP contribution in [0, 0.1) is 0 Å². The van der Waals surface area contributed by atoms with E-state index in [0.29, 0.717) is 13.2 Å². The molecule has 1 heterocycles. The first-order valence-electron chi connectivity index (χ1n) is 6.29. The van der Waals surface area contributed by atoms with Gasteiger partial charge in [0.1, 0.15) is 0 Å². The Bertz CT molecular complexity index is 264. The van der Waals surface area contributed by atoms with Gasteiger partial charge < -0.3 is 23.9 Å². The van der Waals surface area contributed by atoms with Crippen LogP contribution in [0.1, 0.15) is 12.0 Å². The Kier molecular flexibility index (Phi) is 9.46. The van der Waals surface area contributed by atoms with E-state index in [1.54, 1.807) is 19.6 Å². The lowest BCUT2D eigenvalue weighted by Gasteiger charge is -2.06. The highest BCUT2D eigenvalue weighted by atomic mass is 16.5. The first-order valence-corrected chi connectivity index (χ1v) is 6.29. The maximum absolute atomic E-state index is 5.46. The predicted octanol–water partition coefficient (Wildman–Crippen LogP) is 1.44. The summed E-state index contributed by atoms with van der Waals surface area (Å²) in [5, 5.41) is 3.27. The second-order valence-electron chi connectivity index (χ2n) is 3.88. The lowest BCUT2D eigenvalue weighted by atomic mass is 10.3. The number of methoxy groups -OCH3 is 1. The van der Waals surface area contributed by atoms with Crippen molar-refractivity contribution in [2.75, 3.05) is 46.7 Å². The van der Waals surface area contributed by atoms with Gasteiger partial charge in [-0.25, -0.2) is 0 Å². The minimum atomic E-state index is 0.652. The molecule has 1 aromatic heterocycles. The quantitative estimate of drug-likeness (QED) is 0.574. The van der Waals surface area contributed by atoms with Crippen LogP contribution in [0.3, 0.4) is 0 Å².